The summed E-state index contributed by atoms with van der Waals surface area (Å²) in [5.74, 6) is -0.247. The number of hydrogen-bond donors (Lipinski definition) is 0. The molecule has 0 atom stereocenters. The zero-order chi connectivity index (χ0) is 15.1. The number of aromatic nitrogens is 1. The van der Waals surface area contributed by atoms with Crippen LogP contribution < -0.4 is 4.80 Å². The highest BCUT2D eigenvalue weighted by molar-refractivity contribution is 7.18. The van der Waals surface area contributed by atoms with Crippen molar-refractivity contribution in [3.63, 3.8) is 0 Å². The summed E-state index contributed by atoms with van der Waals surface area (Å²) in [6.07, 6.45) is 0. The minimum absolute atomic E-state index is 0.247. The molecule has 0 fully saturated rings. The molecule has 0 aliphatic heterocycles. The van der Waals surface area contributed by atoms with Gasteiger partial charge in [-0.15, -0.1) is 11.3 Å². The fourth-order valence-electron chi connectivity index (χ4n) is 2.36. The van der Waals surface area contributed by atoms with Crippen LogP contribution in [-0.2, 0) is 7.05 Å². The second kappa shape index (κ2) is 5.40. The average Bonchev–Trinajstić information content (AvgIpc) is 2.94. The van der Waals surface area contributed by atoms with E-state index < -0.39 is 0 Å². The maximum atomic E-state index is 12.2. The van der Waals surface area contributed by atoms with Crippen molar-refractivity contribution in [1.29, 1.82) is 0 Å². The molecule has 21 heavy (non-hydrogen) atoms. The highest BCUT2D eigenvalue weighted by Gasteiger charge is 2.10. The van der Waals surface area contributed by atoms with Gasteiger partial charge in [0.05, 0.1) is 19.4 Å². The highest BCUT2D eigenvalue weighted by atomic mass is 35.5. The number of fused-ring (bicyclic) bond motifs is 1. The zero-order valence-corrected chi connectivity index (χ0v) is 14.2. The van der Waals surface area contributed by atoms with Crippen molar-refractivity contribution in [2.24, 2.45) is 12.0 Å². The molecule has 3 nitrogen and oxygen atoms in total. The fraction of sp³-hybridized carbons (Fsp3) is 0.200. The average molecular weight is 337 g/mol. The quantitative estimate of drug-likeness (QED) is 0.652. The number of amides is 1. The van der Waals surface area contributed by atoms with E-state index in [2.05, 4.69) is 31.0 Å². The van der Waals surface area contributed by atoms with Crippen molar-refractivity contribution in [2.75, 3.05) is 0 Å². The number of carbonyl (C=O) groups is 1. The van der Waals surface area contributed by atoms with Gasteiger partial charge in [-0.25, -0.2) is 0 Å². The summed E-state index contributed by atoms with van der Waals surface area (Å²) >= 11 is 8.64. The number of benzene rings is 1. The minimum atomic E-state index is -0.247. The van der Waals surface area contributed by atoms with E-state index in [0.29, 0.717) is 14.0 Å². The van der Waals surface area contributed by atoms with Crippen molar-refractivity contribution in [3.8, 4) is 0 Å². The first-order valence-electron chi connectivity index (χ1n) is 6.37. The van der Waals surface area contributed by atoms with Gasteiger partial charge in [0.25, 0.3) is 5.91 Å². The molecule has 0 saturated carbocycles. The number of hydrogen-bond acceptors (Lipinski definition) is 3. The van der Waals surface area contributed by atoms with Crippen LogP contribution in [0.3, 0.4) is 0 Å². The Hall–Kier alpha value is -1.43. The lowest BCUT2D eigenvalue weighted by Gasteiger charge is -2.01. The van der Waals surface area contributed by atoms with E-state index >= 15 is 0 Å². The summed E-state index contributed by atoms with van der Waals surface area (Å²) in [5, 5.41) is 0. The van der Waals surface area contributed by atoms with Gasteiger partial charge in [0, 0.05) is 7.05 Å². The number of aryl methyl sites for hydroxylation is 3. The maximum absolute atomic E-state index is 12.2. The lowest BCUT2D eigenvalue weighted by molar-refractivity contribution is 0.100. The van der Waals surface area contributed by atoms with E-state index in [1.807, 2.05) is 11.6 Å². The van der Waals surface area contributed by atoms with Gasteiger partial charge in [-0.05, 0) is 43.2 Å². The van der Waals surface area contributed by atoms with E-state index in [9.17, 15) is 4.79 Å². The molecule has 0 spiro atoms. The Balaban J connectivity index is 2.16. The van der Waals surface area contributed by atoms with Crippen LogP contribution in [-0.4, -0.2) is 10.5 Å². The monoisotopic (exact) mass is 336 g/mol. The maximum Gasteiger partial charge on any atom is 0.289 e. The molecule has 0 radical (unpaired) electrons. The van der Waals surface area contributed by atoms with E-state index in [1.54, 1.807) is 12.1 Å². The van der Waals surface area contributed by atoms with Crippen LogP contribution in [0, 0.1) is 13.8 Å². The minimum Gasteiger partial charge on any atom is -0.319 e. The smallest absolute Gasteiger partial charge is 0.289 e. The summed E-state index contributed by atoms with van der Waals surface area (Å²) in [5.41, 5.74) is 3.53. The summed E-state index contributed by atoms with van der Waals surface area (Å²) in [6.45, 7) is 4.15. The van der Waals surface area contributed by atoms with Gasteiger partial charge in [0.15, 0.2) is 4.80 Å². The topological polar surface area (TPSA) is 34.4 Å². The van der Waals surface area contributed by atoms with Crippen molar-refractivity contribution in [1.82, 2.24) is 4.57 Å². The number of nitrogens with zero attached hydrogens (tertiary/aromatic N) is 2. The first-order valence-corrected chi connectivity index (χ1v) is 8.38. The van der Waals surface area contributed by atoms with Crippen LogP contribution in [0.15, 0.2) is 29.3 Å². The number of carbonyl (C=O) groups excluding carboxylic acids is 1. The van der Waals surface area contributed by atoms with Gasteiger partial charge < -0.3 is 4.57 Å². The molecule has 3 aromatic rings. The van der Waals surface area contributed by atoms with Crippen LogP contribution >= 0.6 is 34.3 Å². The Labute approximate surface area is 135 Å². The molecule has 1 amide bonds. The van der Waals surface area contributed by atoms with Crippen molar-refractivity contribution in [2.45, 2.75) is 13.8 Å². The first-order chi connectivity index (χ1) is 9.95. The van der Waals surface area contributed by atoms with Crippen molar-refractivity contribution in [3.05, 3.63) is 49.4 Å². The molecule has 3 rings (SSSR count). The molecule has 0 N–H and O–H groups in total. The predicted octanol–water partition coefficient (Wildman–Crippen LogP) is 4.31. The summed E-state index contributed by atoms with van der Waals surface area (Å²) in [7, 11) is 1.94. The zero-order valence-electron chi connectivity index (χ0n) is 11.8. The third-order valence-corrected chi connectivity index (χ3v) is 5.51. The van der Waals surface area contributed by atoms with Gasteiger partial charge in [0.2, 0.25) is 0 Å². The van der Waals surface area contributed by atoms with Crippen molar-refractivity contribution >= 4 is 50.4 Å². The number of rotatable bonds is 1. The Bertz CT molecular complexity index is 918. The van der Waals surface area contributed by atoms with E-state index in [-0.39, 0.29) is 5.91 Å². The molecule has 0 aliphatic rings. The summed E-state index contributed by atoms with van der Waals surface area (Å²) in [4.78, 5) is 17.7. The Morgan fingerprint density at radius 1 is 1.24 bits per heavy atom. The largest absolute Gasteiger partial charge is 0.319 e. The van der Waals surface area contributed by atoms with Crippen LogP contribution in [0.2, 0.25) is 4.34 Å². The van der Waals surface area contributed by atoms with Crippen molar-refractivity contribution < 1.29 is 4.79 Å². The third kappa shape index (κ3) is 2.69. The number of thiazole rings is 1. The first kappa shape index (κ1) is 14.5. The number of thiophene rings is 1. The fourth-order valence-corrected chi connectivity index (χ4v) is 4.48. The molecule has 0 bridgehead atoms. The SMILES string of the molecule is Cc1cc(C)c2c(c1)sc(=NC(=O)c1ccc(Cl)s1)n2C. The molecule has 0 aliphatic carbocycles. The van der Waals surface area contributed by atoms with Gasteiger partial charge in [0.1, 0.15) is 0 Å². The molecule has 0 saturated heterocycles. The normalized spacial score (nSPS) is 12.3. The second-order valence-corrected chi connectivity index (χ2v) is 7.62. The second-order valence-electron chi connectivity index (χ2n) is 4.89. The molecule has 108 valence electrons. The van der Waals surface area contributed by atoms with Gasteiger partial charge in [-0.1, -0.05) is 29.0 Å². The van der Waals surface area contributed by atoms with Gasteiger partial charge >= 0.3 is 0 Å². The lowest BCUT2D eigenvalue weighted by atomic mass is 10.1. The lowest BCUT2D eigenvalue weighted by Crippen LogP contribution is -2.13. The van der Waals surface area contributed by atoms with Gasteiger partial charge in [-0.3, -0.25) is 4.79 Å². The molecule has 2 aromatic heterocycles. The van der Waals surface area contributed by atoms with Crippen LogP contribution in [0.1, 0.15) is 20.8 Å². The molecule has 0 unspecified atom stereocenters. The van der Waals surface area contributed by atoms with Crippen LogP contribution in [0.25, 0.3) is 10.2 Å². The Morgan fingerprint density at radius 3 is 2.67 bits per heavy atom. The standard InChI is InChI=1S/C15H13ClN2OS2/c1-8-6-9(2)13-11(7-8)21-15(18(13)3)17-14(19)10-4-5-12(16)20-10/h4-7H,1-3H3. The van der Waals surface area contributed by atoms with E-state index in [4.69, 9.17) is 11.6 Å². The Morgan fingerprint density at radius 2 is 2.00 bits per heavy atom. The third-order valence-electron chi connectivity index (χ3n) is 3.21. The summed E-state index contributed by atoms with van der Waals surface area (Å²) in [6, 6.07) is 7.69. The molecule has 2 heterocycles. The van der Waals surface area contributed by atoms with Crippen LogP contribution in [0.4, 0.5) is 0 Å². The van der Waals surface area contributed by atoms with E-state index in [1.165, 1.54) is 33.8 Å². The molecular formula is C15H13ClN2OS2. The predicted molar refractivity (Wildman–Crippen MR) is 89.5 cm³/mol. The van der Waals surface area contributed by atoms with Crippen LogP contribution in [0.5, 0.6) is 0 Å². The molecule has 6 heteroatoms. The van der Waals surface area contributed by atoms with Gasteiger partial charge in [-0.2, -0.15) is 4.99 Å². The highest BCUT2D eigenvalue weighted by Crippen LogP contribution is 2.24. The molecule has 1 aromatic carbocycles. The number of halogens is 1. The Kier molecular flexibility index (Phi) is 3.73. The summed E-state index contributed by atoms with van der Waals surface area (Å²) < 4.78 is 3.72. The van der Waals surface area contributed by atoms with E-state index in [0.717, 1.165) is 10.2 Å². The molecular weight excluding hydrogens is 324 g/mol.